The van der Waals surface area contributed by atoms with Gasteiger partial charge < -0.3 is 10.0 Å². The van der Waals surface area contributed by atoms with Crippen LogP contribution in [0.2, 0.25) is 0 Å². The highest BCUT2D eigenvalue weighted by molar-refractivity contribution is 5.96. The first-order valence-corrected chi connectivity index (χ1v) is 6.90. The quantitative estimate of drug-likeness (QED) is 0.875. The highest BCUT2D eigenvalue weighted by Gasteiger charge is 2.33. The molecule has 1 aromatic heterocycles. The van der Waals surface area contributed by atoms with Crippen molar-refractivity contribution in [1.82, 2.24) is 14.7 Å². The summed E-state index contributed by atoms with van der Waals surface area (Å²) in [6.45, 7) is 3.92. The molecule has 1 atom stereocenters. The Morgan fingerprint density at radius 3 is 2.67 bits per heavy atom. The summed E-state index contributed by atoms with van der Waals surface area (Å²) in [5.41, 5.74) is 0.838. The van der Waals surface area contributed by atoms with E-state index in [1.54, 1.807) is 13.8 Å². The molecule has 0 aromatic carbocycles. The molecule has 1 aliphatic heterocycles. The molecular weight excluding hydrogens is 274 g/mol. The van der Waals surface area contributed by atoms with Gasteiger partial charge in [0.2, 0.25) is 0 Å². The summed E-state index contributed by atoms with van der Waals surface area (Å²) >= 11 is 0. The predicted octanol–water partition coefficient (Wildman–Crippen LogP) is 0.476. The van der Waals surface area contributed by atoms with Crippen molar-refractivity contribution >= 4 is 11.9 Å². The van der Waals surface area contributed by atoms with Gasteiger partial charge in [-0.3, -0.25) is 14.4 Å². The van der Waals surface area contributed by atoms with E-state index >= 15 is 0 Å². The Balaban J connectivity index is 2.41. The smallest absolute Gasteiger partial charge is 0.305 e. The van der Waals surface area contributed by atoms with E-state index in [2.05, 4.69) is 5.10 Å². The van der Waals surface area contributed by atoms with E-state index in [0.717, 1.165) is 11.1 Å². The van der Waals surface area contributed by atoms with Crippen LogP contribution in [0.25, 0.3) is 0 Å². The number of hydrogen-bond donors (Lipinski definition) is 1. The maximum atomic E-state index is 12.7. The Hall–Kier alpha value is -2.18. The molecule has 7 nitrogen and oxygen atoms in total. The van der Waals surface area contributed by atoms with Gasteiger partial charge in [-0.05, 0) is 32.3 Å². The monoisotopic (exact) mass is 293 g/mol. The van der Waals surface area contributed by atoms with Crippen LogP contribution in [0.15, 0.2) is 4.79 Å². The highest BCUT2D eigenvalue weighted by Crippen LogP contribution is 2.23. The van der Waals surface area contributed by atoms with Crippen LogP contribution in [0.1, 0.15) is 40.9 Å². The first kappa shape index (κ1) is 15.2. The summed E-state index contributed by atoms with van der Waals surface area (Å²) in [4.78, 5) is 37.3. The molecule has 114 valence electrons. The fourth-order valence-electron chi connectivity index (χ4n) is 2.76. The SMILES string of the molecule is Cc1nn(C)c(=O)c(C(=O)N2CCCC2CC(=O)O)c1C. The lowest BCUT2D eigenvalue weighted by molar-refractivity contribution is -0.137. The van der Waals surface area contributed by atoms with Crippen LogP contribution < -0.4 is 5.56 Å². The number of likely N-dealkylation sites (tertiary alicyclic amines) is 1. The zero-order chi connectivity index (χ0) is 15.7. The molecule has 1 aromatic rings. The van der Waals surface area contributed by atoms with Crippen molar-refractivity contribution in [3.05, 3.63) is 27.2 Å². The average molecular weight is 293 g/mol. The van der Waals surface area contributed by atoms with E-state index in [0.29, 0.717) is 24.2 Å². The number of nitrogens with zero attached hydrogens (tertiary/aromatic N) is 3. The van der Waals surface area contributed by atoms with Gasteiger partial charge in [0.1, 0.15) is 5.56 Å². The van der Waals surface area contributed by atoms with Crippen molar-refractivity contribution in [3.63, 3.8) is 0 Å². The van der Waals surface area contributed by atoms with E-state index in [1.165, 1.54) is 11.9 Å². The van der Waals surface area contributed by atoms with Crippen molar-refractivity contribution in [2.45, 2.75) is 39.2 Å². The first-order chi connectivity index (χ1) is 9.82. The van der Waals surface area contributed by atoms with Crippen LogP contribution >= 0.6 is 0 Å². The topological polar surface area (TPSA) is 92.5 Å². The molecule has 1 N–H and O–H groups in total. The summed E-state index contributed by atoms with van der Waals surface area (Å²) in [6, 6.07) is -0.340. The molecule has 2 rings (SSSR count). The number of carbonyl (C=O) groups is 2. The van der Waals surface area contributed by atoms with Gasteiger partial charge in [0.25, 0.3) is 11.5 Å². The average Bonchev–Trinajstić information content (AvgIpc) is 2.84. The Morgan fingerprint density at radius 2 is 2.05 bits per heavy atom. The van der Waals surface area contributed by atoms with Gasteiger partial charge in [0, 0.05) is 19.6 Å². The van der Waals surface area contributed by atoms with Crippen molar-refractivity contribution in [2.75, 3.05) is 6.54 Å². The number of aromatic nitrogens is 2. The molecule has 1 fully saturated rings. The Bertz CT molecular complexity index is 650. The van der Waals surface area contributed by atoms with Crippen molar-refractivity contribution in [3.8, 4) is 0 Å². The number of carboxylic acids is 1. The van der Waals surface area contributed by atoms with Gasteiger partial charge in [0.15, 0.2) is 0 Å². The Labute approximate surface area is 122 Å². The lowest BCUT2D eigenvalue weighted by Gasteiger charge is -2.24. The molecule has 0 spiro atoms. The minimum absolute atomic E-state index is 0.0881. The minimum Gasteiger partial charge on any atom is -0.481 e. The lowest BCUT2D eigenvalue weighted by Crippen LogP contribution is -2.41. The van der Waals surface area contributed by atoms with Crippen LogP contribution in [0.5, 0.6) is 0 Å². The fourth-order valence-corrected chi connectivity index (χ4v) is 2.76. The van der Waals surface area contributed by atoms with Crippen LogP contribution in [-0.4, -0.2) is 44.3 Å². The number of amides is 1. The minimum atomic E-state index is -0.935. The number of rotatable bonds is 3. The standard InChI is InChI=1S/C14H19N3O4/c1-8-9(2)15-16(3)13(20)12(8)14(21)17-6-4-5-10(17)7-11(18)19/h10H,4-7H2,1-3H3,(H,18,19). The van der Waals surface area contributed by atoms with Crippen molar-refractivity contribution < 1.29 is 14.7 Å². The maximum absolute atomic E-state index is 12.7. The predicted molar refractivity (Wildman–Crippen MR) is 75.3 cm³/mol. The third-order valence-electron chi connectivity index (χ3n) is 3.99. The summed E-state index contributed by atoms with van der Waals surface area (Å²) in [5.74, 6) is -1.32. The van der Waals surface area contributed by atoms with Gasteiger partial charge in [-0.2, -0.15) is 5.10 Å². The van der Waals surface area contributed by atoms with Gasteiger partial charge in [-0.25, -0.2) is 4.68 Å². The van der Waals surface area contributed by atoms with Gasteiger partial charge in [-0.1, -0.05) is 0 Å². The van der Waals surface area contributed by atoms with Crippen molar-refractivity contribution in [2.24, 2.45) is 7.05 Å². The Morgan fingerprint density at radius 1 is 1.38 bits per heavy atom. The van der Waals surface area contributed by atoms with Crippen LogP contribution in [0, 0.1) is 13.8 Å². The molecule has 2 heterocycles. The fraction of sp³-hybridized carbons (Fsp3) is 0.571. The molecule has 21 heavy (non-hydrogen) atoms. The van der Waals surface area contributed by atoms with E-state index in [1.807, 2.05) is 0 Å². The first-order valence-electron chi connectivity index (χ1n) is 6.90. The lowest BCUT2D eigenvalue weighted by atomic mass is 10.1. The normalized spacial score (nSPS) is 18.0. The zero-order valence-corrected chi connectivity index (χ0v) is 12.4. The maximum Gasteiger partial charge on any atom is 0.305 e. The third-order valence-corrected chi connectivity index (χ3v) is 3.99. The van der Waals surface area contributed by atoms with Gasteiger partial charge >= 0.3 is 5.97 Å². The number of aryl methyl sites for hydroxylation is 2. The number of carbonyl (C=O) groups excluding carboxylic acids is 1. The molecule has 0 saturated carbocycles. The zero-order valence-electron chi connectivity index (χ0n) is 12.4. The molecule has 7 heteroatoms. The van der Waals surface area contributed by atoms with E-state index < -0.39 is 11.5 Å². The van der Waals surface area contributed by atoms with Gasteiger partial charge in [0.05, 0.1) is 12.1 Å². The van der Waals surface area contributed by atoms with E-state index in [9.17, 15) is 14.4 Å². The van der Waals surface area contributed by atoms with Crippen LogP contribution in [0.3, 0.4) is 0 Å². The summed E-state index contributed by atoms with van der Waals surface area (Å²) < 4.78 is 1.15. The highest BCUT2D eigenvalue weighted by atomic mass is 16.4. The van der Waals surface area contributed by atoms with Crippen LogP contribution in [-0.2, 0) is 11.8 Å². The molecule has 0 radical (unpaired) electrons. The van der Waals surface area contributed by atoms with Crippen LogP contribution in [0.4, 0.5) is 0 Å². The number of aliphatic carboxylic acids is 1. The molecule has 0 bridgehead atoms. The van der Waals surface area contributed by atoms with E-state index in [4.69, 9.17) is 5.11 Å². The van der Waals surface area contributed by atoms with Crippen molar-refractivity contribution in [1.29, 1.82) is 0 Å². The van der Waals surface area contributed by atoms with E-state index in [-0.39, 0.29) is 23.9 Å². The van der Waals surface area contributed by atoms with Gasteiger partial charge in [-0.15, -0.1) is 0 Å². The molecule has 1 unspecified atom stereocenters. The summed E-state index contributed by atoms with van der Waals surface area (Å²) in [5, 5.41) is 13.0. The number of carboxylic acid groups (broad SMARTS) is 1. The largest absolute Gasteiger partial charge is 0.481 e. The Kier molecular flexibility index (Phi) is 4.11. The summed E-state index contributed by atoms with van der Waals surface area (Å²) in [7, 11) is 1.50. The molecule has 1 amide bonds. The molecule has 1 saturated heterocycles. The second-order valence-electron chi connectivity index (χ2n) is 5.41. The third kappa shape index (κ3) is 2.81. The number of hydrogen-bond acceptors (Lipinski definition) is 4. The molecule has 0 aliphatic carbocycles. The second-order valence-corrected chi connectivity index (χ2v) is 5.41. The second kappa shape index (κ2) is 5.67. The molecular formula is C14H19N3O4. The summed E-state index contributed by atoms with van der Waals surface area (Å²) in [6.07, 6.45) is 1.32. The molecule has 1 aliphatic rings.